The molecular formula is C12H18BrN3. The highest BCUT2D eigenvalue weighted by Crippen LogP contribution is 2.19. The van der Waals surface area contributed by atoms with Crippen molar-refractivity contribution in [2.75, 3.05) is 18.4 Å². The maximum Gasteiger partial charge on any atom is 0.106 e. The van der Waals surface area contributed by atoms with Crippen LogP contribution in [0.15, 0.2) is 16.7 Å². The summed E-state index contributed by atoms with van der Waals surface area (Å²) in [6, 6.07) is 4.67. The van der Waals surface area contributed by atoms with Gasteiger partial charge in [-0.3, -0.25) is 0 Å². The number of aromatic nitrogens is 1. The van der Waals surface area contributed by atoms with Gasteiger partial charge in [-0.1, -0.05) is 0 Å². The van der Waals surface area contributed by atoms with E-state index in [0.717, 1.165) is 29.1 Å². The molecule has 2 heterocycles. The molecule has 1 saturated heterocycles. The van der Waals surface area contributed by atoms with Crippen LogP contribution in [0.5, 0.6) is 0 Å². The third-order valence-corrected chi connectivity index (χ3v) is 3.43. The molecule has 3 nitrogen and oxygen atoms in total. The summed E-state index contributed by atoms with van der Waals surface area (Å²) in [5.41, 5.74) is 2.22. The van der Waals surface area contributed by atoms with E-state index in [9.17, 15) is 0 Å². The molecule has 88 valence electrons. The Morgan fingerprint density at radius 2 is 2.25 bits per heavy atom. The predicted octanol–water partition coefficient (Wildman–Crippen LogP) is 2.71. The van der Waals surface area contributed by atoms with Crippen molar-refractivity contribution in [2.45, 2.75) is 32.2 Å². The van der Waals surface area contributed by atoms with Gasteiger partial charge < -0.3 is 10.6 Å². The van der Waals surface area contributed by atoms with Gasteiger partial charge in [-0.15, -0.1) is 0 Å². The lowest BCUT2D eigenvalue weighted by molar-refractivity contribution is 0.636. The van der Waals surface area contributed by atoms with E-state index in [0.29, 0.717) is 6.04 Å². The van der Waals surface area contributed by atoms with Crippen LogP contribution in [0.25, 0.3) is 0 Å². The second-order valence-electron chi connectivity index (χ2n) is 4.29. The van der Waals surface area contributed by atoms with Gasteiger partial charge in [0.05, 0.1) is 11.4 Å². The van der Waals surface area contributed by atoms with Crippen LogP contribution < -0.4 is 10.6 Å². The summed E-state index contributed by atoms with van der Waals surface area (Å²) in [6.07, 6.45) is 3.68. The lowest BCUT2D eigenvalue weighted by Gasteiger charge is -2.18. The van der Waals surface area contributed by atoms with Crippen molar-refractivity contribution in [2.24, 2.45) is 0 Å². The molecule has 1 aromatic heterocycles. The predicted molar refractivity (Wildman–Crippen MR) is 70.8 cm³/mol. The zero-order chi connectivity index (χ0) is 11.4. The van der Waals surface area contributed by atoms with E-state index in [1.54, 1.807) is 0 Å². The molecule has 0 radical (unpaired) electrons. The minimum atomic E-state index is 0.580. The molecule has 1 aromatic rings. The van der Waals surface area contributed by atoms with Crippen molar-refractivity contribution in [3.05, 3.63) is 22.4 Å². The first kappa shape index (κ1) is 11.9. The van der Waals surface area contributed by atoms with Crippen LogP contribution in [0.1, 0.15) is 25.0 Å². The van der Waals surface area contributed by atoms with E-state index in [1.807, 2.05) is 13.0 Å². The molecule has 1 atom stereocenters. The number of halogens is 1. The summed E-state index contributed by atoms with van der Waals surface area (Å²) in [5.74, 6) is 0. The molecule has 1 aliphatic heterocycles. The lowest BCUT2D eigenvalue weighted by atomic mass is 10.1. The number of hydrogen-bond donors (Lipinski definition) is 2. The average Bonchev–Trinajstić information content (AvgIpc) is 2.51. The van der Waals surface area contributed by atoms with Crippen LogP contribution in [0.3, 0.4) is 0 Å². The zero-order valence-corrected chi connectivity index (χ0v) is 11.2. The Morgan fingerprint density at radius 3 is 3.06 bits per heavy atom. The molecule has 2 N–H and O–H groups in total. The molecule has 2 rings (SSSR count). The van der Waals surface area contributed by atoms with E-state index >= 15 is 0 Å². The van der Waals surface area contributed by atoms with Crippen LogP contribution >= 0.6 is 15.9 Å². The number of hydrogen-bond acceptors (Lipinski definition) is 3. The number of nitrogens with one attached hydrogen (secondary N) is 2. The molecule has 0 aliphatic carbocycles. The summed E-state index contributed by atoms with van der Waals surface area (Å²) in [5, 5.41) is 7.02. The van der Waals surface area contributed by atoms with Crippen LogP contribution in [0.2, 0.25) is 0 Å². The van der Waals surface area contributed by atoms with Crippen molar-refractivity contribution < 1.29 is 0 Å². The molecule has 1 fully saturated rings. The van der Waals surface area contributed by atoms with Gasteiger partial charge in [0.25, 0.3) is 0 Å². The summed E-state index contributed by atoms with van der Waals surface area (Å²) in [4.78, 5) is 4.40. The van der Waals surface area contributed by atoms with Gasteiger partial charge in [-0.05, 0) is 67.3 Å². The van der Waals surface area contributed by atoms with Crippen LogP contribution in [0, 0.1) is 6.92 Å². The molecule has 0 spiro atoms. The Balaban J connectivity index is 2.01. The molecule has 0 amide bonds. The quantitative estimate of drug-likeness (QED) is 0.820. The first-order chi connectivity index (χ1) is 7.75. The van der Waals surface area contributed by atoms with Crippen molar-refractivity contribution in [1.29, 1.82) is 0 Å². The fourth-order valence-corrected chi connectivity index (χ4v) is 2.46. The maximum absolute atomic E-state index is 4.40. The highest BCUT2D eigenvalue weighted by molar-refractivity contribution is 9.10. The minimum absolute atomic E-state index is 0.580. The highest BCUT2D eigenvalue weighted by Gasteiger charge is 2.12. The van der Waals surface area contributed by atoms with Gasteiger partial charge in [0, 0.05) is 6.04 Å². The first-order valence-electron chi connectivity index (χ1n) is 5.86. The van der Waals surface area contributed by atoms with Crippen LogP contribution in [-0.4, -0.2) is 24.1 Å². The second-order valence-corrected chi connectivity index (χ2v) is 5.10. The highest BCUT2D eigenvalue weighted by atomic mass is 79.9. The van der Waals surface area contributed by atoms with Gasteiger partial charge >= 0.3 is 0 Å². The lowest BCUT2D eigenvalue weighted by Crippen LogP contribution is -2.22. The molecule has 0 aromatic carbocycles. The van der Waals surface area contributed by atoms with Crippen LogP contribution in [0.4, 0.5) is 5.69 Å². The Kier molecular flexibility index (Phi) is 4.18. The Hall–Kier alpha value is -0.610. The molecule has 0 saturated carbocycles. The fraction of sp³-hybridized carbons (Fsp3) is 0.583. The summed E-state index contributed by atoms with van der Waals surface area (Å²) >= 11 is 3.39. The van der Waals surface area contributed by atoms with Gasteiger partial charge in [0.1, 0.15) is 4.60 Å². The molecule has 0 bridgehead atoms. The molecule has 1 unspecified atom stereocenters. The third-order valence-electron chi connectivity index (χ3n) is 2.99. The minimum Gasteiger partial charge on any atom is -0.381 e. The number of aryl methyl sites for hydroxylation is 1. The number of nitrogens with zero attached hydrogens (tertiary/aromatic N) is 1. The standard InChI is InChI=1S/C12H18BrN3/c1-9-11(4-5-12(13)15-9)16-10-3-2-7-14-8-6-10/h4-5,10,14,16H,2-3,6-8H2,1H3. The third kappa shape index (κ3) is 3.19. The first-order valence-corrected chi connectivity index (χ1v) is 6.65. The Bertz CT molecular complexity index is 346. The Morgan fingerprint density at radius 1 is 1.38 bits per heavy atom. The maximum atomic E-state index is 4.40. The zero-order valence-electron chi connectivity index (χ0n) is 9.59. The largest absolute Gasteiger partial charge is 0.381 e. The van der Waals surface area contributed by atoms with Crippen molar-refractivity contribution in [3.63, 3.8) is 0 Å². The van der Waals surface area contributed by atoms with E-state index in [-0.39, 0.29) is 0 Å². The number of pyridine rings is 1. The van der Waals surface area contributed by atoms with Gasteiger partial charge in [-0.25, -0.2) is 4.98 Å². The smallest absolute Gasteiger partial charge is 0.106 e. The number of anilines is 1. The summed E-state index contributed by atoms with van der Waals surface area (Å²) < 4.78 is 0.901. The average molecular weight is 284 g/mol. The van der Waals surface area contributed by atoms with E-state index in [4.69, 9.17) is 0 Å². The summed E-state index contributed by atoms with van der Waals surface area (Å²) in [6.45, 7) is 4.30. The molecule has 1 aliphatic rings. The van der Waals surface area contributed by atoms with Gasteiger partial charge in [0.2, 0.25) is 0 Å². The molecule has 4 heteroatoms. The van der Waals surface area contributed by atoms with Crippen LogP contribution in [-0.2, 0) is 0 Å². The van der Waals surface area contributed by atoms with Gasteiger partial charge in [-0.2, -0.15) is 0 Å². The van der Waals surface area contributed by atoms with Gasteiger partial charge in [0.15, 0.2) is 0 Å². The summed E-state index contributed by atoms with van der Waals surface area (Å²) in [7, 11) is 0. The van der Waals surface area contributed by atoms with Crippen molar-refractivity contribution in [1.82, 2.24) is 10.3 Å². The van der Waals surface area contributed by atoms with E-state index in [2.05, 4.69) is 37.6 Å². The molecular weight excluding hydrogens is 266 g/mol. The molecule has 16 heavy (non-hydrogen) atoms. The number of rotatable bonds is 2. The topological polar surface area (TPSA) is 37.0 Å². The SMILES string of the molecule is Cc1nc(Br)ccc1NC1CCCNCC1. The Labute approximate surface area is 105 Å². The van der Waals surface area contributed by atoms with Crippen molar-refractivity contribution >= 4 is 21.6 Å². The van der Waals surface area contributed by atoms with E-state index < -0.39 is 0 Å². The van der Waals surface area contributed by atoms with Crippen molar-refractivity contribution in [3.8, 4) is 0 Å². The fourth-order valence-electron chi connectivity index (χ4n) is 2.07. The van der Waals surface area contributed by atoms with E-state index in [1.165, 1.54) is 19.3 Å². The monoisotopic (exact) mass is 283 g/mol. The normalized spacial score (nSPS) is 21.5. The second kappa shape index (κ2) is 5.64.